The molecule has 0 bridgehead atoms. The van der Waals surface area contributed by atoms with Gasteiger partial charge in [-0.15, -0.1) is 0 Å². The van der Waals surface area contributed by atoms with E-state index >= 15 is 0 Å². The maximum atomic E-state index is 5.89. The van der Waals surface area contributed by atoms with Crippen LogP contribution in [0, 0.1) is 0 Å². The molecule has 2 N–H and O–H groups in total. The van der Waals surface area contributed by atoms with Crippen LogP contribution in [0.1, 0.15) is 6.42 Å². The number of fused-ring (bicyclic) bond motifs is 3. The molecule has 150 valence electrons. The molecule has 0 aliphatic carbocycles. The largest absolute Gasteiger partial charge is 0.491 e. The van der Waals surface area contributed by atoms with Gasteiger partial charge in [-0.1, -0.05) is 54.6 Å². The average molecular weight is 398 g/mol. The number of hydrogen-bond donors (Lipinski definition) is 1. The van der Waals surface area contributed by atoms with Crippen LogP contribution in [0.4, 0.5) is 11.4 Å². The first-order valence-corrected chi connectivity index (χ1v) is 10.4. The van der Waals surface area contributed by atoms with Gasteiger partial charge in [0, 0.05) is 17.2 Å². The van der Waals surface area contributed by atoms with E-state index in [1.807, 2.05) is 6.07 Å². The van der Waals surface area contributed by atoms with Crippen LogP contribution in [0.5, 0.6) is 11.5 Å². The van der Waals surface area contributed by atoms with Gasteiger partial charge in [0.1, 0.15) is 5.69 Å². The Morgan fingerprint density at radius 1 is 0.867 bits per heavy atom. The number of hydrogen-bond acceptors (Lipinski definition) is 4. The van der Waals surface area contributed by atoms with Gasteiger partial charge in [-0.3, -0.25) is 0 Å². The summed E-state index contributed by atoms with van der Waals surface area (Å²) in [6.45, 7) is 2.00. The minimum Gasteiger partial charge on any atom is -0.491 e. The zero-order chi connectivity index (χ0) is 20.3. The Balaban J connectivity index is 1.64. The highest BCUT2D eigenvalue weighted by Gasteiger charge is 2.68. The molecule has 2 fully saturated rings. The normalized spacial score (nSPS) is 22.3. The SMILES string of the molecule is COc1ccc2ccccc2c1[N+]12CC1CCN2c1c(ON)ccc2ccccc12. The lowest BCUT2D eigenvalue weighted by Crippen LogP contribution is -2.45. The third-order valence-electron chi connectivity index (χ3n) is 6.78. The van der Waals surface area contributed by atoms with Crippen molar-refractivity contribution < 1.29 is 9.57 Å². The second kappa shape index (κ2) is 6.36. The van der Waals surface area contributed by atoms with Crippen LogP contribution in [-0.2, 0) is 0 Å². The van der Waals surface area contributed by atoms with E-state index in [-0.39, 0.29) is 0 Å². The number of nitrogens with zero attached hydrogens (tertiary/aromatic N) is 2. The van der Waals surface area contributed by atoms with E-state index in [1.165, 1.54) is 21.8 Å². The lowest BCUT2D eigenvalue weighted by molar-refractivity contribution is 0.332. The fraction of sp³-hybridized carbons (Fsp3) is 0.200. The van der Waals surface area contributed by atoms with Gasteiger partial charge >= 0.3 is 0 Å². The number of nitrogens with two attached hydrogens (primary N) is 1. The van der Waals surface area contributed by atoms with Gasteiger partial charge in [-0.2, -0.15) is 10.5 Å². The number of ether oxygens (including phenoxy) is 1. The number of methoxy groups -OCH3 is 1. The lowest BCUT2D eigenvalue weighted by Gasteiger charge is -2.32. The second-order valence-electron chi connectivity index (χ2n) is 8.16. The first-order valence-electron chi connectivity index (χ1n) is 10.4. The predicted octanol–water partition coefficient (Wildman–Crippen LogP) is 4.77. The molecule has 0 amide bonds. The van der Waals surface area contributed by atoms with E-state index in [4.69, 9.17) is 15.5 Å². The molecule has 5 nitrogen and oxygen atoms in total. The van der Waals surface area contributed by atoms with Crippen molar-refractivity contribution in [1.82, 2.24) is 4.59 Å². The van der Waals surface area contributed by atoms with Crippen LogP contribution in [0.2, 0.25) is 0 Å². The highest BCUT2D eigenvalue weighted by molar-refractivity contribution is 6.01. The zero-order valence-corrected chi connectivity index (χ0v) is 16.9. The third kappa shape index (κ3) is 2.24. The van der Waals surface area contributed by atoms with E-state index in [0.717, 1.165) is 40.9 Å². The van der Waals surface area contributed by atoms with Crippen LogP contribution in [0.3, 0.4) is 0 Å². The molecule has 0 radical (unpaired) electrons. The monoisotopic (exact) mass is 398 g/mol. The van der Waals surface area contributed by atoms with E-state index < -0.39 is 0 Å². The summed E-state index contributed by atoms with van der Waals surface area (Å²) in [6.07, 6.45) is 1.12. The lowest BCUT2D eigenvalue weighted by atomic mass is 10.1. The fourth-order valence-corrected chi connectivity index (χ4v) is 5.40. The first-order chi connectivity index (χ1) is 14.8. The topological polar surface area (TPSA) is 47.7 Å². The number of rotatable bonds is 4. The predicted molar refractivity (Wildman–Crippen MR) is 122 cm³/mol. The molecule has 2 heterocycles. The number of anilines is 1. The van der Waals surface area contributed by atoms with Crippen molar-refractivity contribution in [2.45, 2.75) is 12.5 Å². The van der Waals surface area contributed by atoms with E-state index in [2.05, 4.69) is 71.7 Å². The average Bonchev–Trinajstić information content (AvgIpc) is 3.42. The smallest absolute Gasteiger partial charge is 0.208 e. The molecule has 4 aromatic rings. The van der Waals surface area contributed by atoms with Crippen LogP contribution >= 0.6 is 0 Å². The second-order valence-corrected chi connectivity index (χ2v) is 8.16. The molecule has 2 aliphatic rings. The van der Waals surface area contributed by atoms with Crippen molar-refractivity contribution in [1.29, 1.82) is 0 Å². The minimum absolute atomic E-state index is 0.536. The number of quaternary nitrogens is 1. The van der Waals surface area contributed by atoms with Crippen LogP contribution < -0.4 is 25.1 Å². The Bertz CT molecular complexity index is 1290. The molecular weight excluding hydrogens is 374 g/mol. The maximum Gasteiger partial charge on any atom is 0.208 e. The van der Waals surface area contributed by atoms with Gasteiger partial charge < -0.3 is 9.57 Å². The summed E-state index contributed by atoms with van der Waals surface area (Å²) in [5.74, 6) is 7.37. The third-order valence-corrected chi connectivity index (χ3v) is 6.78. The first kappa shape index (κ1) is 17.6. The summed E-state index contributed by atoms with van der Waals surface area (Å²) in [6, 6.07) is 25.8. The molecule has 2 unspecified atom stereocenters. The molecule has 2 aliphatic heterocycles. The van der Waals surface area contributed by atoms with Crippen molar-refractivity contribution in [3.05, 3.63) is 72.8 Å². The summed E-state index contributed by atoms with van der Waals surface area (Å²) in [7, 11) is 1.76. The van der Waals surface area contributed by atoms with E-state index in [1.54, 1.807) is 7.11 Å². The standard InChI is InChI=1S/C25H24N3O2/c1-29-23-13-11-18-7-3-5-9-21(18)25(23)28-16-19(28)14-15-27(28)24-20-8-4-2-6-17(20)10-12-22(24)30-26/h2-13,19H,14-16,26H2,1H3/q+1. The molecule has 6 rings (SSSR count). The Morgan fingerprint density at radius 2 is 1.53 bits per heavy atom. The van der Waals surface area contributed by atoms with Gasteiger partial charge in [0.15, 0.2) is 24.1 Å². The molecule has 0 spiro atoms. The Kier molecular flexibility index (Phi) is 3.72. The Morgan fingerprint density at radius 3 is 2.23 bits per heavy atom. The van der Waals surface area contributed by atoms with Crippen LogP contribution in [0.25, 0.3) is 21.5 Å². The summed E-state index contributed by atoms with van der Waals surface area (Å²) in [4.78, 5) is 5.37. The maximum absolute atomic E-state index is 5.89. The number of benzene rings is 4. The molecule has 0 aromatic heterocycles. The quantitative estimate of drug-likeness (QED) is 0.306. The van der Waals surface area contributed by atoms with Crippen molar-refractivity contribution in [2.75, 3.05) is 25.2 Å². The van der Waals surface area contributed by atoms with Crippen LogP contribution in [0.15, 0.2) is 72.8 Å². The van der Waals surface area contributed by atoms with Gasteiger partial charge in [0.05, 0.1) is 13.7 Å². The summed E-state index contributed by atoms with van der Waals surface area (Å²) < 4.78 is 6.65. The van der Waals surface area contributed by atoms with E-state index in [0.29, 0.717) is 11.8 Å². The van der Waals surface area contributed by atoms with Gasteiger partial charge in [-0.05, 0) is 29.0 Å². The van der Waals surface area contributed by atoms with Gasteiger partial charge in [0.25, 0.3) is 0 Å². The van der Waals surface area contributed by atoms with Crippen molar-refractivity contribution in [3.8, 4) is 11.5 Å². The summed E-state index contributed by atoms with van der Waals surface area (Å²) in [5, 5.41) is 7.28. The molecule has 5 heteroatoms. The minimum atomic E-state index is 0.536. The van der Waals surface area contributed by atoms with Crippen molar-refractivity contribution >= 4 is 32.9 Å². The van der Waals surface area contributed by atoms with E-state index in [9.17, 15) is 0 Å². The highest BCUT2D eigenvalue weighted by atomic mass is 16.6. The Labute approximate surface area is 175 Å². The molecule has 0 saturated carbocycles. The van der Waals surface area contributed by atoms with Gasteiger partial charge in [-0.25, -0.2) is 5.01 Å². The van der Waals surface area contributed by atoms with Crippen LogP contribution in [-0.4, -0.2) is 26.2 Å². The highest BCUT2D eigenvalue weighted by Crippen LogP contribution is 2.57. The molecule has 30 heavy (non-hydrogen) atoms. The molecule has 2 saturated heterocycles. The molecular formula is C25H24N3O2+. The molecule has 2 atom stereocenters. The summed E-state index contributed by atoms with van der Waals surface area (Å²) >= 11 is 0. The van der Waals surface area contributed by atoms with Gasteiger partial charge in [0.2, 0.25) is 5.69 Å². The molecule has 4 aromatic carbocycles. The fourth-order valence-electron chi connectivity index (χ4n) is 5.40. The van der Waals surface area contributed by atoms with Crippen molar-refractivity contribution in [3.63, 3.8) is 0 Å². The van der Waals surface area contributed by atoms with Crippen molar-refractivity contribution in [2.24, 2.45) is 5.90 Å². The zero-order valence-electron chi connectivity index (χ0n) is 16.9. The Hall–Kier alpha value is -3.28. The summed E-state index contributed by atoms with van der Waals surface area (Å²) in [5.41, 5.74) is 2.29.